The van der Waals surface area contributed by atoms with Crippen molar-refractivity contribution in [3.05, 3.63) is 23.7 Å². The molecule has 3 N–H and O–H groups in total. The SMILES string of the molecule is CCn1cc(-c2cc(C(=O)NN)no2)c(C)n1. The highest BCUT2D eigenvalue weighted by Crippen LogP contribution is 2.23. The number of amides is 1. The maximum absolute atomic E-state index is 11.2. The van der Waals surface area contributed by atoms with Gasteiger partial charge in [-0.3, -0.25) is 14.9 Å². The fraction of sp³-hybridized carbons (Fsp3) is 0.300. The topological polar surface area (TPSA) is 99.0 Å². The number of carbonyl (C=O) groups is 1. The minimum Gasteiger partial charge on any atom is -0.355 e. The average molecular weight is 235 g/mol. The van der Waals surface area contributed by atoms with Crippen LogP contribution >= 0.6 is 0 Å². The molecule has 90 valence electrons. The summed E-state index contributed by atoms with van der Waals surface area (Å²) in [5, 5.41) is 7.92. The van der Waals surface area contributed by atoms with Crippen LogP contribution in [0.3, 0.4) is 0 Å². The third-order valence-electron chi connectivity index (χ3n) is 2.41. The van der Waals surface area contributed by atoms with Gasteiger partial charge in [0, 0.05) is 18.8 Å². The van der Waals surface area contributed by atoms with Crippen molar-refractivity contribution in [1.82, 2.24) is 20.4 Å². The van der Waals surface area contributed by atoms with Crippen LogP contribution in [0, 0.1) is 6.92 Å². The Morgan fingerprint density at radius 3 is 3.00 bits per heavy atom. The van der Waals surface area contributed by atoms with Gasteiger partial charge in [-0.05, 0) is 13.8 Å². The molecule has 2 aromatic heterocycles. The van der Waals surface area contributed by atoms with Crippen molar-refractivity contribution in [2.24, 2.45) is 5.84 Å². The summed E-state index contributed by atoms with van der Waals surface area (Å²) in [6, 6.07) is 1.53. The lowest BCUT2D eigenvalue weighted by atomic mass is 10.2. The van der Waals surface area contributed by atoms with Crippen LogP contribution in [0.15, 0.2) is 16.8 Å². The van der Waals surface area contributed by atoms with Gasteiger partial charge in [0.05, 0.1) is 11.3 Å². The van der Waals surface area contributed by atoms with Gasteiger partial charge in [-0.25, -0.2) is 5.84 Å². The van der Waals surface area contributed by atoms with Crippen LogP contribution in [0.25, 0.3) is 11.3 Å². The lowest BCUT2D eigenvalue weighted by molar-refractivity contribution is 0.0944. The van der Waals surface area contributed by atoms with Crippen LogP contribution in [0.1, 0.15) is 23.1 Å². The summed E-state index contributed by atoms with van der Waals surface area (Å²) in [4.78, 5) is 11.2. The molecule has 0 radical (unpaired) electrons. The molecule has 7 nitrogen and oxygen atoms in total. The van der Waals surface area contributed by atoms with Gasteiger partial charge >= 0.3 is 0 Å². The Labute approximate surface area is 97.5 Å². The number of hydrogen-bond acceptors (Lipinski definition) is 5. The molecular formula is C10H13N5O2. The van der Waals surface area contributed by atoms with Gasteiger partial charge in [-0.1, -0.05) is 5.16 Å². The number of hydrazine groups is 1. The fourth-order valence-corrected chi connectivity index (χ4v) is 1.50. The van der Waals surface area contributed by atoms with E-state index < -0.39 is 5.91 Å². The highest BCUT2D eigenvalue weighted by atomic mass is 16.5. The Hall–Kier alpha value is -2.15. The minimum atomic E-state index is -0.486. The molecule has 2 heterocycles. The number of nitrogen functional groups attached to an aromatic ring is 1. The first-order chi connectivity index (χ1) is 8.15. The largest absolute Gasteiger partial charge is 0.355 e. The Balaban J connectivity index is 2.36. The van der Waals surface area contributed by atoms with E-state index in [1.54, 1.807) is 4.68 Å². The molecule has 0 saturated carbocycles. The van der Waals surface area contributed by atoms with Crippen molar-refractivity contribution >= 4 is 5.91 Å². The van der Waals surface area contributed by atoms with Gasteiger partial charge in [-0.15, -0.1) is 0 Å². The maximum atomic E-state index is 11.2. The summed E-state index contributed by atoms with van der Waals surface area (Å²) in [5.41, 5.74) is 3.78. The van der Waals surface area contributed by atoms with Gasteiger partial charge in [0.25, 0.3) is 5.91 Å². The molecule has 17 heavy (non-hydrogen) atoms. The zero-order valence-electron chi connectivity index (χ0n) is 9.60. The normalized spacial score (nSPS) is 10.5. The first-order valence-electron chi connectivity index (χ1n) is 5.17. The van der Waals surface area contributed by atoms with Gasteiger partial charge in [0.2, 0.25) is 0 Å². The van der Waals surface area contributed by atoms with Crippen LogP contribution < -0.4 is 11.3 Å². The van der Waals surface area contributed by atoms with E-state index in [0.717, 1.165) is 17.8 Å². The quantitative estimate of drug-likeness (QED) is 0.457. The molecule has 1 amide bonds. The number of aromatic nitrogens is 3. The Bertz CT molecular complexity index is 543. The monoisotopic (exact) mass is 235 g/mol. The first kappa shape index (κ1) is 11.3. The molecule has 0 saturated heterocycles. The minimum absolute atomic E-state index is 0.145. The van der Waals surface area contributed by atoms with E-state index in [4.69, 9.17) is 10.4 Å². The molecule has 0 fully saturated rings. The lowest BCUT2D eigenvalue weighted by Crippen LogP contribution is -2.30. The molecule has 0 aliphatic heterocycles. The molecule has 2 aromatic rings. The fourth-order valence-electron chi connectivity index (χ4n) is 1.50. The zero-order chi connectivity index (χ0) is 12.4. The Kier molecular flexibility index (Phi) is 2.92. The number of aryl methyl sites for hydroxylation is 2. The Morgan fingerprint density at radius 1 is 1.65 bits per heavy atom. The summed E-state index contributed by atoms with van der Waals surface area (Å²) in [6.45, 7) is 4.63. The number of nitrogens with zero attached hydrogens (tertiary/aromatic N) is 3. The predicted molar refractivity (Wildman–Crippen MR) is 59.8 cm³/mol. The number of hydrogen-bond donors (Lipinski definition) is 2. The second-order valence-corrected chi connectivity index (χ2v) is 3.53. The van der Waals surface area contributed by atoms with Gasteiger partial charge in [0.15, 0.2) is 11.5 Å². The average Bonchev–Trinajstić information content (AvgIpc) is 2.94. The summed E-state index contributed by atoms with van der Waals surface area (Å²) >= 11 is 0. The highest BCUT2D eigenvalue weighted by molar-refractivity contribution is 5.92. The molecule has 0 aliphatic rings. The van der Waals surface area contributed by atoms with Crippen molar-refractivity contribution in [2.45, 2.75) is 20.4 Å². The van der Waals surface area contributed by atoms with Crippen molar-refractivity contribution in [3.8, 4) is 11.3 Å². The molecule has 0 spiro atoms. The molecular weight excluding hydrogens is 222 g/mol. The van der Waals surface area contributed by atoms with Crippen LogP contribution in [0.4, 0.5) is 0 Å². The molecule has 0 aliphatic carbocycles. The molecule has 7 heteroatoms. The number of nitrogens with two attached hydrogens (primary N) is 1. The maximum Gasteiger partial charge on any atom is 0.287 e. The standard InChI is InChI=1S/C10H13N5O2/c1-3-15-5-7(6(2)13-15)9-4-8(14-17-9)10(16)12-11/h4-5H,3,11H2,1-2H3,(H,12,16). The predicted octanol–water partition coefficient (Wildman–Crippen LogP) is 0.470. The van der Waals surface area contributed by atoms with E-state index in [0.29, 0.717) is 5.76 Å². The number of carbonyl (C=O) groups excluding carboxylic acids is 1. The van der Waals surface area contributed by atoms with Crippen molar-refractivity contribution in [1.29, 1.82) is 0 Å². The second kappa shape index (κ2) is 4.38. The van der Waals surface area contributed by atoms with Crippen LogP contribution in [-0.4, -0.2) is 20.8 Å². The molecule has 0 aromatic carbocycles. The van der Waals surface area contributed by atoms with Gasteiger partial charge in [0.1, 0.15) is 0 Å². The Morgan fingerprint density at radius 2 is 2.41 bits per heavy atom. The van der Waals surface area contributed by atoms with Crippen LogP contribution in [0.5, 0.6) is 0 Å². The summed E-state index contributed by atoms with van der Waals surface area (Å²) in [6.07, 6.45) is 1.85. The van der Waals surface area contributed by atoms with Crippen molar-refractivity contribution in [3.63, 3.8) is 0 Å². The van der Waals surface area contributed by atoms with Crippen molar-refractivity contribution in [2.75, 3.05) is 0 Å². The zero-order valence-corrected chi connectivity index (χ0v) is 9.60. The van der Waals surface area contributed by atoms with Gasteiger partial charge in [-0.2, -0.15) is 5.10 Å². The molecule has 0 bridgehead atoms. The van der Waals surface area contributed by atoms with Crippen LogP contribution in [-0.2, 0) is 6.54 Å². The van der Waals surface area contributed by atoms with E-state index in [2.05, 4.69) is 10.3 Å². The third-order valence-corrected chi connectivity index (χ3v) is 2.41. The molecule has 2 rings (SSSR count). The van der Waals surface area contributed by atoms with Crippen LogP contribution in [0.2, 0.25) is 0 Å². The lowest BCUT2D eigenvalue weighted by Gasteiger charge is -1.90. The second-order valence-electron chi connectivity index (χ2n) is 3.53. The summed E-state index contributed by atoms with van der Waals surface area (Å²) in [7, 11) is 0. The van der Waals surface area contributed by atoms with Crippen molar-refractivity contribution < 1.29 is 9.32 Å². The smallest absolute Gasteiger partial charge is 0.287 e. The summed E-state index contributed by atoms with van der Waals surface area (Å²) < 4.78 is 6.88. The molecule has 0 atom stereocenters. The number of rotatable bonds is 3. The van der Waals surface area contributed by atoms with E-state index in [-0.39, 0.29) is 5.69 Å². The van der Waals surface area contributed by atoms with E-state index in [1.807, 2.05) is 25.5 Å². The van der Waals surface area contributed by atoms with E-state index in [1.165, 1.54) is 6.07 Å². The van der Waals surface area contributed by atoms with E-state index >= 15 is 0 Å². The van der Waals surface area contributed by atoms with E-state index in [9.17, 15) is 4.79 Å². The highest BCUT2D eigenvalue weighted by Gasteiger charge is 2.15. The van der Waals surface area contributed by atoms with Gasteiger partial charge < -0.3 is 4.52 Å². The third kappa shape index (κ3) is 2.04. The summed E-state index contributed by atoms with van der Waals surface area (Å²) in [5.74, 6) is 5.03. The molecule has 0 unspecified atom stereocenters. The first-order valence-corrected chi connectivity index (χ1v) is 5.17. The number of nitrogens with one attached hydrogen (secondary N) is 1.